The van der Waals surface area contributed by atoms with E-state index in [9.17, 15) is 0 Å². The molecule has 1 aliphatic heterocycles. The fraction of sp³-hybridized carbons (Fsp3) is 0.278. The van der Waals surface area contributed by atoms with Crippen molar-refractivity contribution in [2.45, 2.75) is 19.0 Å². The number of nitriles is 1. The monoisotopic (exact) mass is 355 g/mol. The Hall–Kier alpha value is -1.83. The van der Waals surface area contributed by atoms with Crippen LogP contribution in [0.2, 0.25) is 0 Å². The van der Waals surface area contributed by atoms with Crippen LogP contribution in [0, 0.1) is 11.3 Å². The van der Waals surface area contributed by atoms with Crippen molar-refractivity contribution in [1.82, 2.24) is 5.32 Å². The van der Waals surface area contributed by atoms with Crippen LogP contribution in [0.15, 0.2) is 53.0 Å². The van der Waals surface area contributed by atoms with Crippen LogP contribution >= 0.6 is 15.9 Å². The molecule has 0 saturated carbocycles. The molecule has 1 N–H and O–H groups in total. The second-order valence-corrected chi connectivity index (χ2v) is 6.51. The third-order valence-corrected chi connectivity index (χ3v) is 4.59. The minimum absolute atomic E-state index is 0.513. The molecule has 1 aliphatic rings. The Morgan fingerprint density at radius 2 is 1.86 bits per heavy atom. The molecule has 0 spiro atoms. The molecule has 0 bridgehead atoms. The van der Waals surface area contributed by atoms with E-state index >= 15 is 0 Å². The van der Waals surface area contributed by atoms with Crippen LogP contribution in [0.3, 0.4) is 0 Å². The molecule has 0 aliphatic carbocycles. The molecule has 0 radical (unpaired) electrons. The molecule has 112 valence electrons. The topological polar surface area (TPSA) is 39.1 Å². The van der Waals surface area contributed by atoms with Gasteiger partial charge in [-0.3, -0.25) is 0 Å². The fourth-order valence-corrected chi connectivity index (χ4v) is 3.04. The zero-order valence-electron chi connectivity index (χ0n) is 12.3. The van der Waals surface area contributed by atoms with Gasteiger partial charge in [0, 0.05) is 35.8 Å². The Labute approximate surface area is 139 Å². The maximum absolute atomic E-state index is 8.81. The van der Waals surface area contributed by atoms with Gasteiger partial charge in [-0.05, 0) is 48.4 Å². The lowest BCUT2D eigenvalue weighted by molar-refractivity contribution is 0.551. The van der Waals surface area contributed by atoms with E-state index in [1.165, 1.54) is 11.3 Å². The van der Waals surface area contributed by atoms with E-state index in [0.29, 0.717) is 11.6 Å². The summed E-state index contributed by atoms with van der Waals surface area (Å²) in [5.74, 6) is 0. The quantitative estimate of drug-likeness (QED) is 0.908. The van der Waals surface area contributed by atoms with Crippen LogP contribution in [0.25, 0.3) is 0 Å². The van der Waals surface area contributed by atoms with Crippen molar-refractivity contribution >= 4 is 21.6 Å². The number of nitrogens with one attached hydrogen (secondary N) is 1. The molecule has 0 amide bonds. The van der Waals surface area contributed by atoms with Gasteiger partial charge in [0.25, 0.3) is 0 Å². The first kappa shape index (κ1) is 15.1. The largest absolute Gasteiger partial charge is 0.370 e. The number of hydrogen-bond donors (Lipinski definition) is 1. The number of benzene rings is 2. The number of halogens is 1. The van der Waals surface area contributed by atoms with Crippen molar-refractivity contribution < 1.29 is 0 Å². The highest BCUT2D eigenvalue weighted by molar-refractivity contribution is 9.10. The van der Waals surface area contributed by atoms with Gasteiger partial charge in [-0.1, -0.05) is 28.1 Å². The molecule has 1 atom stereocenters. The molecule has 3 nitrogen and oxygen atoms in total. The molecule has 1 heterocycles. The molecule has 1 fully saturated rings. The first-order valence-corrected chi connectivity index (χ1v) is 8.27. The molecule has 22 heavy (non-hydrogen) atoms. The summed E-state index contributed by atoms with van der Waals surface area (Å²) in [4.78, 5) is 2.42. The minimum Gasteiger partial charge on any atom is -0.370 e. The van der Waals surface area contributed by atoms with Crippen LogP contribution in [0.4, 0.5) is 5.69 Å². The van der Waals surface area contributed by atoms with Crippen molar-refractivity contribution in [2.24, 2.45) is 0 Å². The summed E-state index contributed by atoms with van der Waals surface area (Å²) in [6.45, 7) is 2.98. The number of hydrogen-bond acceptors (Lipinski definition) is 3. The van der Waals surface area contributed by atoms with Gasteiger partial charge in [-0.25, -0.2) is 0 Å². The smallest absolute Gasteiger partial charge is 0.0991 e. The van der Waals surface area contributed by atoms with E-state index in [2.05, 4.69) is 56.5 Å². The predicted octanol–water partition coefficient (Wildman–Crippen LogP) is 3.69. The normalized spacial score (nSPS) is 17.5. The standard InChI is InChI=1S/C18H18BrN3/c19-16-5-7-18(8-6-16)22-10-9-17(13-22)21-12-15-3-1-14(11-20)2-4-15/h1-8,17,21H,9-10,12-13H2. The van der Waals surface area contributed by atoms with Crippen molar-refractivity contribution in [3.63, 3.8) is 0 Å². The first-order chi connectivity index (χ1) is 10.7. The molecule has 1 saturated heterocycles. The van der Waals surface area contributed by atoms with Crippen molar-refractivity contribution in [3.05, 3.63) is 64.1 Å². The van der Waals surface area contributed by atoms with Crippen LogP contribution in [0.1, 0.15) is 17.5 Å². The van der Waals surface area contributed by atoms with Gasteiger partial charge >= 0.3 is 0 Å². The third kappa shape index (κ3) is 3.68. The fourth-order valence-electron chi connectivity index (χ4n) is 2.77. The predicted molar refractivity (Wildman–Crippen MR) is 92.8 cm³/mol. The Kier molecular flexibility index (Phi) is 4.77. The molecule has 4 heteroatoms. The van der Waals surface area contributed by atoms with E-state index in [1.54, 1.807) is 0 Å². The lowest BCUT2D eigenvalue weighted by atomic mass is 10.1. The lowest BCUT2D eigenvalue weighted by Gasteiger charge is -2.19. The van der Waals surface area contributed by atoms with E-state index < -0.39 is 0 Å². The highest BCUT2D eigenvalue weighted by Crippen LogP contribution is 2.22. The first-order valence-electron chi connectivity index (χ1n) is 7.47. The van der Waals surface area contributed by atoms with Crippen LogP contribution in [-0.2, 0) is 6.54 Å². The lowest BCUT2D eigenvalue weighted by Crippen LogP contribution is -2.32. The van der Waals surface area contributed by atoms with E-state index in [0.717, 1.165) is 30.5 Å². The van der Waals surface area contributed by atoms with Crippen molar-refractivity contribution in [2.75, 3.05) is 18.0 Å². The Morgan fingerprint density at radius 3 is 2.55 bits per heavy atom. The number of nitrogens with zero attached hydrogens (tertiary/aromatic N) is 2. The third-order valence-electron chi connectivity index (χ3n) is 4.06. The van der Waals surface area contributed by atoms with E-state index in [1.807, 2.05) is 24.3 Å². The highest BCUT2D eigenvalue weighted by atomic mass is 79.9. The second-order valence-electron chi connectivity index (χ2n) is 5.60. The highest BCUT2D eigenvalue weighted by Gasteiger charge is 2.22. The molecular formula is C18H18BrN3. The van der Waals surface area contributed by atoms with Gasteiger partial charge in [0.05, 0.1) is 11.6 Å². The van der Waals surface area contributed by atoms with Gasteiger partial charge in [-0.2, -0.15) is 5.26 Å². The minimum atomic E-state index is 0.513. The van der Waals surface area contributed by atoms with Crippen LogP contribution in [0.5, 0.6) is 0 Å². The Bertz CT molecular complexity index is 658. The maximum Gasteiger partial charge on any atom is 0.0991 e. The van der Waals surface area contributed by atoms with Gasteiger partial charge in [-0.15, -0.1) is 0 Å². The average molecular weight is 356 g/mol. The molecule has 2 aromatic carbocycles. The zero-order chi connectivity index (χ0) is 15.4. The SMILES string of the molecule is N#Cc1ccc(CNC2CCN(c3ccc(Br)cc3)C2)cc1. The summed E-state index contributed by atoms with van der Waals surface area (Å²) >= 11 is 3.48. The summed E-state index contributed by atoms with van der Waals surface area (Å²) in [5.41, 5.74) is 3.22. The number of anilines is 1. The maximum atomic E-state index is 8.81. The van der Waals surface area contributed by atoms with Crippen LogP contribution in [-0.4, -0.2) is 19.1 Å². The second kappa shape index (κ2) is 6.95. The number of rotatable bonds is 4. The molecule has 3 rings (SSSR count). The van der Waals surface area contributed by atoms with E-state index in [4.69, 9.17) is 5.26 Å². The average Bonchev–Trinajstić information content (AvgIpc) is 3.03. The summed E-state index contributed by atoms with van der Waals surface area (Å²) in [5, 5.41) is 12.4. The van der Waals surface area contributed by atoms with E-state index in [-0.39, 0.29) is 0 Å². The summed E-state index contributed by atoms with van der Waals surface area (Å²) < 4.78 is 1.12. The zero-order valence-corrected chi connectivity index (χ0v) is 13.9. The van der Waals surface area contributed by atoms with Crippen molar-refractivity contribution in [1.29, 1.82) is 5.26 Å². The van der Waals surface area contributed by atoms with Gasteiger partial charge in [0.1, 0.15) is 0 Å². The molecule has 0 aromatic heterocycles. The van der Waals surface area contributed by atoms with Gasteiger partial charge in [0.2, 0.25) is 0 Å². The summed E-state index contributed by atoms with van der Waals surface area (Å²) in [7, 11) is 0. The Morgan fingerprint density at radius 1 is 1.14 bits per heavy atom. The molecular weight excluding hydrogens is 338 g/mol. The van der Waals surface area contributed by atoms with Crippen LogP contribution < -0.4 is 10.2 Å². The Balaban J connectivity index is 1.52. The molecule has 2 aromatic rings. The van der Waals surface area contributed by atoms with Gasteiger partial charge in [0.15, 0.2) is 0 Å². The summed E-state index contributed by atoms with van der Waals surface area (Å²) in [6, 6.07) is 19.0. The van der Waals surface area contributed by atoms with Crippen molar-refractivity contribution in [3.8, 4) is 6.07 Å². The van der Waals surface area contributed by atoms with Gasteiger partial charge < -0.3 is 10.2 Å². The molecule has 1 unspecified atom stereocenters. The summed E-state index contributed by atoms with van der Waals surface area (Å²) in [6.07, 6.45) is 1.16.